The van der Waals surface area contributed by atoms with E-state index in [0.717, 1.165) is 40.7 Å². The van der Waals surface area contributed by atoms with Crippen LogP contribution in [0.15, 0.2) is 42.5 Å². The number of carbonyl (C=O) groups excluding carboxylic acids is 1. The lowest BCUT2D eigenvalue weighted by atomic mass is 10.0. The van der Waals surface area contributed by atoms with Crippen LogP contribution < -0.4 is 9.47 Å². The largest absolute Gasteiger partial charge is 0.497 e. The lowest BCUT2D eigenvalue weighted by Gasteiger charge is -2.13. The van der Waals surface area contributed by atoms with Crippen LogP contribution in [0.2, 0.25) is 0 Å². The van der Waals surface area contributed by atoms with Crippen molar-refractivity contribution in [2.45, 2.75) is 6.42 Å². The number of ether oxygens (including phenoxy) is 2. The standard InChI is InChI=1S/C17H17BrO3/c1-20-15-6-7-16(17(11-15)21-9-3-8-18)14-5-2-4-13(10-14)12-19/h2,4-7,10-12H,3,8-9H2,1H3. The average Bonchev–Trinajstić information content (AvgIpc) is 2.55. The summed E-state index contributed by atoms with van der Waals surface area (Å²) >= 11 is 3.39. The highest BCUT2D eigenvalue weighted by Gasteiger charge is 2.09. The molecular weight excluding hydrogens is 332 g/mol. The van der Waals surface area contributed by atoms with Gasteiger partial charge < -0.3 is 9.47 Å². The van der Waals surface area contributed by atoms with Crippen LogP contribution in [-0.2, 0) is 0 Å². The van der Waals surface area contributed by atoms with Crippen LogP contribution >= 0.6 is 15.9 Å². The van der Waals surface area contributed by atoms with E-state index in [2.05, 4.69) is 15.9 Å². The number of alkyl halides is 1. The van der Waals surface area contributed by atoms with Crippen molar-refractivity contribution < 1.29 is 14.3 Å². The molecule has 0 aliphatic carbocycles. The number of hydrogen-bond donors (Lipinski definition) is 0. The Hall–Kier alpha value is -1.81. The van der Waals surface area contributed by atoms with Crippen LogP contribution in [0, 0.1) is 0 Å². The van der Waals surface area contributed by atoms with Gasteiger partial charge in [0.2, 0.25) is 0 Å². The van der Waals surface area contributed by atoms with Crippen LogP contribution in [0.25, 0.3) is 11.1 Å². The first-order valence-corrected chi connectivity index (χ1v) is 7.83. The molecule has 0 aliphatic rings. The second-order valence-electron chi connectivity index (χ2n) is 4.50. The van der Waals surface area contributed by atoms with Gasteiger partial charge in [-0.2, -0.15) is 0 Å². The molecule has 21 heavy (non-hydrogen) atoms. The molecule has 0 atom stereocenters. The maximum Gasteiger partial charge on any atom is 0.150 e. The molecule has 0 amide bonds. The lowest BCUT2D eigenvalue weighted by molar-refractivity contribution is 0.112. The summed E-state index contributed by atoms with van der Waals surface area (Å²) in [5.74, 6) is 1.51. The monoisotopic (exact) mass is 348 g/mol. The maximum atomic E-state index is 10.9. The summed E-state index contributed by atoms with van der Waals surface area (Å²) in [6, 6.07) is 13.2. The highest BCUT2D eigenvalue weighted by Crippen LogP contribution is 2.33. The van der Waals surface area contributed by atoms with E-state index >= 15 is 0 Å². The number of benzene rings is 2. The third kappa shape index (κ3) is 4.08. The first-order chi connectivity index (χ1) is 10.3. The van der Waals surface area contributed by atoms with E-state index in [4.69, 9.17) is 9.47 Å². The molecule has 0 saturated heterocycles. The summed E-state index contributed by atoms with van der Waals surface area (Å²) in [7, 11) is 1.63. The zero-order valence-electron chi connectivity index (χ0n) is 11.8. The van der Waals surface area contributed by atoms with Crippen LogP contribution in [0.4, 0.5) is 0 Å². The van der Waals surface area contributed by atoms with Crippen LogP contribution in [0.3, 0.4) is 0 Å². The van der Waals surface area contributed by atoms with E-state index < -0.39 is 0 Å². The van der Waals surface area contributed by atoms with Crippen molar-refractivity contribution in [2.24, 2.45) is 0 Å². The molecule has 0 unspecified atom stereocenters. The summed E-state index contributed by atoms with van der Waals surface area (Å²) in [5.41, 5.74) is 2.56. The van der Waals surface area contributed by atoms with Gasteiger partial charge >= 0.3 is 0 Å². The number of hydrogen-bond acceptors (Lipinski definition) is 3. The zero-order valence-corrected chi connectivity index (χ0v) is 13.4. The molecule has 0 aliphatic heterocycles. The molecule has 0 spiro atoms. The summed E-state index contributed by atoms with van der Waals surface area (Å²) in [5, 5.41) is 0.896. The number of halogens is 1. The molecule has 2 aromatic rings. The van der Waals surface area contributed by atoms with E-state index in [0.29, 0.717) is 12.2 Å². The molecule has 0 heterocycles. The Labute approximate surface area is 133 Å². The molecule has 2 aromatic carbocycles. The van der Waals surface area contributed by atoms with Crippen LogP contribution in [0.5, 0.6) is 11.5 Å². The average molecular weight is 349 g/mol. The van der Waals surface area contributed by atoms with Gasteiger partial charge in [-0.15, -0.1) is 0 Å². The predicted octanol–water partition coefficient (Wildman–Crippen LogP) is 4.34. The maximum absolute atomic E-state index is 10.9. The number of methoxy groups -OCH3 is 1. The van der Waals surface area contributed by atoms with Crippen molar-refractivity contribution >= 4 is 22.2 Å². The number of carbonyl (C=O) groups is 1. The van der Waals surface area contributed by atoms with E-state index in [-0.39, 0.29) is 0 Å². The molecule has 0 saturated carbocycles. The zero-order chi connectivity index (χ0) is 15.1. The molecular formula is C17H17BrO3. The molecule has 110 valence electrons. The Balaban J connectivity index is 2.38. The summed E-state index contributed by atoms with van der Waals surface area (Å²) in [4.78, 5) is 10.9. The van der Waals surface area contributed by atoms with Gasteiger partial charge in [-0.05, 0) is 30.2 Å². The molecule has 3 nitrogen and oxygen atoms in total. The summed E-state index contributed by atoms with van der Waals surface area (Å²) in [6.07, 6.45) is 1.77. The minimum absolute atomic E-state index is 0.624. The third-order valence-corrected chi connectivity index (χ3v) is 3.62. The van der Waals surface area contributed by atoms with Crippen molar-refractivity contribution in [3.63, 3.8) is 0 Å². The van der Waals surface area contributed by atoms with E-state index in [1.54, 1.807) is 13.2 Å². The molecule has 0 aromatic heterocycles. The summed E-state index contributed by atoms with van der Waals surface area (Å²) < 4.78 is 11.1. The Morgan fingerprint density at radius 2 is 2.05 bits per heavy atom. The molecule has 2 rings (SSSR count). The van der Waals surface area contributed by atoms with Gasteiger partial charge in [-0.1, -0.05) is 34.1 Å². The van der Waals surface area contributed by atoms with Gasteiger partial charge in [0.15, 0.2) is 0 Å². The molecule has 0 fully saturated rings. The van der Waals surface area contributed by atoms with Crippen molar-refractivity contribution in [1.29, 1.82) is 0 Å². The first-order valence-electron chi connectivity index (χ1n) is 6.71. The quantitative estimate of drug-likeness (QED) is 0.424. The van der Waals surface area contributed by atoms with Gasteiger partial charge in [0.05, 0.1) is 13.7 Å². The Kier molecular flexibility index (Phi) is 5.81. The number of aldehydes is 1. The SMILES string of the molecule is COc1ccc(-c2cccc(C=O)c2)c(OCCCBr)c1. The minimum Gasteiger partial charge on any atom is -0.497 e. The van der Waals surface area contributed by atoms with Crippen molar-refractivity contribution in [3.05, 3.63) is 48.0 Å². The first kappa shape index (κ1) is 15.6. The van der Waals surface area contributed by atoms with Gasteiger partial charge in [0.1, 0.15) is 17.8 Å². The fourth-order valence-corrected chi connectivity index (χ4v) is 2.23. The molecule has 0 N–H and O–H groups in total. The fraction of sp³-hybridized carbons (Fsp3) is 0.235. The smallest absolute Gasteiger partial charge is 0.150 e. The van der Waals surface area contributed by atoms with Gasteiger partial charge in [-0.3, -0.25) is 4.79 Å². The predicted molar refractivity (Wildman–Crippen MR) is 87.7 cm³/mol. The van der Waals surface area contributed by atoms with Crippen molar-refractivity contribution in [3.8, 4) is 22.6 Å². The Morgan fingerprint density at radius 3 is 2.76 bits per heavy atom. The second kappa shape index (κ2) is 7.84. The molecule has 0 radical (unpaired) electrons. The highest BCUT2D eigenvalue weighted by atomic mass is 79.9. The van der Waals surface area contributed by atoms with Gasteiger partial charge in [0.25, 0.3) is 0 Å². The van der Waals surface area contributed by atoms with Gasteiger partial charge in [0, 0.05) is 22.5 Å². The number of rotatable bonds is 7. The van der Waals surface area contributed by atoms with Gasteiger partial charge in [-0.25, -0.2) is 0 Å². The van der Waals surface area contributed by atoms with E-state index in [1.807, 2.05) is 36.4 Å². The van der Waals surface area contributed by atoms with Crippen molar-refractivity contribution in [2.75, 3.05) is 19.0 Å². The molecule has 4 heteroatoms. The van der Waals surface area contributed by atoms with Crippen LogP contribution in [0.1, 0.15) is 16.8 Å². The normalized spacial score (nSPS) is 10.2. The van der Waals surface area contributed by atoms with E-state index in [1.165, 1.54) is 0 Å². The highest BCUT2D eigenvalue weighted by molar-refractivity contribution is 9.09. The summed E-state index contributed by atoms with van der Waals surface area (Å²) in [6.45, 7) is 0.624. The van der Waals surface area contributed by atoms with E-state index in [9.17, 15) is 4.79 Å². The third-order valence-electron chi connectivity index (χ3n) is 3.06. The second-order valence-corrected chi connectivity index (χ2v) is 5.29. The molecule has 0 bridgehead atoms. The Bertz CT molecular complexity index is 611. The minimum atomic E-state index is 0.624. The Morgan fingerprint density at radius 1 is 1.19 bits per heavy atom. The fourth-order valence-electron chi connectivity index (χ4n) is 2.00. The van der Waals surface area contributed by atoms with Crippen molar-refractivity contribution in [1.82, 2.24) is 0 Å². The topological polar surface area (TPSA) is 35.5 Å². The lowest BCUT2D eigenvalue weighted by Crippen LogP contribution is -2.00. The van der Waals surface area contributed by atoms with Crippen LogP contribution in [-0.4, -0.2) is 25.3 Å².